The molecule has 0 radical (unpaired) electrons. The Morgan fingerprint density at radius 1 is 1.19 bits per heavy atom. The summed E-state index contributed by atoms with van der Waals surface area (Å²) >= 11 is 0. The number of carbonyl (C=O) groups excluding carboxylic acids is 1. The molecule has 0 aliphatic rings. The van der Waals surface area contributed by atoms with E-state index in [4.69, 9.17) is 9.47 Å². The van der Waals surface area contributed by atoms with Crippen LogP contribution in [0, 0.1) is 0 Å². The number of amides is 1. The highest BCUT2D eigenvalue weighted by molar-refractivity contribution is 5.78. The van der Waals surface area contributed by atoms with Gasteiger partial charge in [0.1, 0.15) is 6.61 Å². The number of ether oxygens (including phenoxy) is 2. The minimum Gasteiger partial charge on any atom is -0.493 e. The van der Waals surface area contributed by atoms with Crippen LogP contribution in [0.25, 0.3) is 0 Å². The Hall–Kier alpha value is -1.75. The Bertz CT molecular complexity index is 449. The van der Waals surface area contributed by atoms with E-state index in [1.54, 1.807) is 12.0 Å². The van der Waals surface area contributed by atoms with Crippen molar-refractivity contribution in [2.75, 3.05) is 40.9 Å². The summed E-state index contributed by atoms with van der Waals surface area (Å²) in [5, 5.41) is 0. The number of hydrogen-bond acceptors (Lipinski definition) is 4. The van der Waals surface area contributed by atoms with E-state index in [0.29, 0.717) is 19.7 Å². The lowest BCUT2D eigenvalue weighted by Gasteiger charge is -2.24. The van der Waals surface area contributed by atoms with Crippen molar-refractivity contribution in [1.29, 1.82) is 0 Å². The summed E-state index contributed by atoms with van der Waals surface area (Å²) in [4.78, 5) is 15.7. The molecule has 5 heteroatoms. The molecular weight excluding hydrogens is 268 g/mol. The fourth-order valence-electron chi connectivity index (χ4n) is 1.76. The van der Waals surface area contributed by atoms with Crippen LogP contribution in [0.1, 0.15) is 13.8 Å². The third-order valence-corrected chi connectivity index (χ3v) is 3.37. The van der Waals surface area contributed by atoms with Crippen molar-refractivity contribution >= 4 is 5.91 Å². The maximum atomic E-state index is 12.0. The van der Waals surface area contributed by atoms with Gasteiger partial charge in [-0.25, -0.2) is 0 Å². The van der Waals surface area contributed by atoms with Crippen LogP contribution >= 0.6 is 0 Å². The van der Waals surface area contributed by atoms with Crippen LogP contribution < -0.4 is 9.47 Å². The molecule has 0 atom stereocenters. The third kappa shape index (κ3) is 5.63. The van der Waals surface area contributed by atoms with Crippen molar-refractivity contribution in [1.82, 2.24) is 9.80 Å². The molecule has 1 amide bonds. The zero-order valence-corrected chi connectivity index (χ0v) is 13.6. The first-order valence-corrected chi connectivity index (χ1v) is 7.15. The van der Waals surface area contributed by atoms with Crippen molar-refractivity contribution in [3.63, 3.8) is 0 Å². The second kappa shape index (κ2) is 8.52. The zero-order chi connectivity index (χ0) is 15.8. The van der Waals surface area contributed by atoms with Crippen molar-refractivity contribution in [2.24, 2.45) is 0 Å². The van der Waals surface area contributed by atoms with E-state index in [2.05, 4.69) is 0 Å². The highest BCUT2D eigenvalue weighted by atomic mass is 16.5. The Morgan fingerprint density at radius 2 is 1.81 bits per heavy atom. The molecule has 0 bridgehead atoms. The van der Waals surface area contributed by atoms with E-state index in [9.17, 15) is 4.79 Å². The molecule has 0 heterocycles. The van der Waals surface area contributed by atoms with E-state index in [1.807, 2.05) is 57.1 Å². The van der Waals surface area contributed by atoms with Crippen molar-refractivity contribution in [2.45, 2.75) is 19.9 Å². The molecule has 0 N–H and O–H groups in total. The average molecular weight is 294 g/mol. The van der Waals surface area contributed by atoms with Crippen LogP contribution in [0.15, 0.2) is 24.3 Å². The van der Waals surface area contributed by atoms with Gasteiger partial charge in [0.2, 0.25) is 5.91 Å². The van der Waals surface area contributed by atoms with Crippen LogP contribution in [0.5, 0.6) is 11.5 Å². The molecule has 21 heavy (non-hydrogen) atoms. The topological polar surface area (TPSA) is 42.0 Å². The largest absolute Gasteiger partial charge is 0.493 e. The minimum atomic E-state index is 0.116. The second-order valence-electron chi connectivity index (χ2n) is 5.34. The molecule has 1 aromatic carbocycles. The van der Waals surface area contributed by atoms with Gasteiger partial charge in [0.15, 0.2) is 11.5 Å². The Balaban J connectivity index is 2.37. The van der Waals surface area contributed by atoms with Crippen LogP contribution in [-0.4, -0.2) is 62.7 Å². The van der Waals surface area contributed by atoms with E-state index >= 15 is 0 Å². The smallest absolute Gasteiger partial charge is 0.236 e. The average Bonchev–Trinajstić information content (AvgIpc) is 2.46. The quantitative estimate of drug-likeness (QED) is 0.734. The van der Waals surface area contributed by atoms with Gasteiger partial charge in [-0.3, -0.25) is 9.69 Å². The fraction of sp³-hybridized carbons (Fsp3) is 0.562. The summed E-state index contributed by atoms with van der Waals surface area (Å²) < 4.78 is 10.9. The summed E-state index contributed by atoms with van der Waals surface area (Å²) in [7, 11) is 5.36. The summed E-state index contributed by atoms with van der Waals surface area (Å²) in [6.45, 7) is 5.58. The molecule has 0 saturated carbocycles. The number of methoxy groups -OCH3 is 1. The standard InChI is InChI=1S/C16H26N2O3/c1-13(2)18(4)16(19)12-17(3)10-11-21-15-9-7-6-8-14(15)20-5/h6-9,13H,10-12H2,1-5H3. The summed E-state index contributed by atoms with van der Waals surface area (Å²) in [6, 6.07) is 7.76. The second-order valence-corrected chi connectivity index (χ2v) is 5.34. The van der Waals surface area contributed by atoms with Gasteiger partial charge in [0.25, 0.3) is 0 Å². The number of benzene rings is 1. The van der Waals surface area contributed by atoms with Crippen LogP contribution in [0.2, 0.25) is 0 Å². The maximum Gasteiger partial charge on any atom is 0.236 e. The zero-order valence-electron chi connectivity index (χ0n) is 13.6. The number of para-hydroxylation sites is 2. The molecule has 5 nitrogen and oxygen atoms in total. The Kier molecular flexibility index (Phi) is 7.02. The molecule has 0 saturated heterocycles. The summed E-state index contributed by atoms with van der Waals surface area (Å²) in [5.41, 5.74) is 0. The minimum absolute atomic E-state index is 0.116. The summed E-state index contributed by atoms with van der Waals surface area (Å²) in [5.74, 6) is 1.56. The van der Waals surface area contributed by atoms with Crippen molar-refractivity contribution in [3.05, 3.63) is 24.3 Å². The molecule has 1 aromatic rings. The lowest BCUT2D eigenvalue weighted by Crippen LogP contribution is -2.41. The van der Waals surface area contributed by atoms with E-state index in [-0.39, 0.29) is 11.9 Å². The molecular formula is C16H26N2O3. The summed E-state index contributed by atoms with van der Waals surface area (Å²) in [6.07, 6.45) is 0. The van der Waals surface area contributed by atoms with Gasteiger partial charge < -0.3 is 14.4 Å². The van der Waals surface area contributed by atoms with E-state index in [1.165, 1.54) is 0 Å². The number of hydrogen-bond donors (Lipinski definition) is 0. The van der Waals surface area contributed by atoms with Gasteiger partial charge in [0.05, 0.1) is 13.7 Å². The predicted octanol–water partition coefficient (Wildman–Crippen LogP) is 1.87. The number of rotatable bonds is 8. The SMILES string of the molecule is COc1ccccc1OCCN(C)CC(=O)N(C)C(C)C. The molecule has 0 fully saturated rings. The predicted molar refractivity (Wildman–Crippen MR) is 83.9 cm³/mol. The van der Waals surface area contributed by atoms with Crippen LogP contribution in [0.4, 0.5) is 0 Å². The Labute approximate surface area is 127 Å². The lowest BCUT2D eigenvalue weighted by molar-refractivity contribution is -0.132. The first-order valence-electron chi connectivity index (χ1n) is 7.15. The molecule has 118 valence electrons. The monoisotopic (exact) mass is 294 g/mol. The number of nitrogens with zero attached hydrogens (tertiary/aromatic N) is 2. The number of carbonyl (C=O) groups is 1. The first-order chi connectivity index (χ1) is 9.95. The van der Waals surface area contributed by atoms with Gasteiger partial charge >= 0.3 is 0 Å². The molecule has 0 unspecified atom stereocenters. The normalized spacial score (nSPS) is 10.8. The molecule has 0 aliphatic carbocycles. The molecule has 0 spiro atoms. The highest BCUT2D eigenvalue weighted by Crippen LogP contribution is 2.25. The van der Waals surface area contributed by atoms with E-state index < -0.39 is 0 Å². The molecule has 0 aromatic heterocycles. The van der Waals surface area contributed by atoms with Gasteiger partial charge in [-0.2, -0.15) is 0 Å². The van der Waals surface area contributed by atoms with Crippen molar-refractivity contribution < 1.29 is 14.3 Å². The highest BCUT2D eigenvalue weighted by Gasteiger charge is 2.14. The fourth-order valence-corrected chi connectivity index (χ4v) is 1.76. The van der Waals surface area contributed by atoms with Crippen molar-refractivity contribution in [3.8, 4) is 11.5 Å². The van der Waals surface area contributed by atoms with E-state index in [0.717, 1.165) is 11.5 Å². The van der Waals surface area contributed by atoms with Crippen LogP contribution in [0.3, 0.4) is 0 Å². The van der Waals surface area contributed by atoms with Gasteiger partial charge in [-0.15, -0.1) is 0 Å². The van der Waals surface area contributed by atoms with Crippen LogP contribution in [-0.2, 0) is 4.79 Å². The maximum absolute atomic E-state index is 12.0. The first kappa shape index (κ1) is 17.3. The number of likely N-dealkylation sites (N-methyl/N-ethyl adjacent to an activating group) is 2. The Morgan fingerprint density at radius 3 is 2.38 bits per heavy atom. The molecule has 0 aliphatic heterocycles. The van der Waals surface area contributed by atoms with Gasteiger partial charge in [0, 0.05) is 19.6 Å². The molecule has 1 rings (SSSR count). The lowest BCUT2D eigenvalue weighted by atomic mass is 10.3. The third-order valence-electron chi connectivity index (χ3n) is 3.37. The van der Waals surface area contributed by atoms with Gasteiger partial charge in [-0.1, -0.05) is 12.1 Å². The van der Waals surface area contributed by atoms with Gasteiger partial charge in [-0.05, 0) is 33.0 Å².